The summed E-state index contributed by atoms with van der Waals surface area (Å²) >= 11 is 1.57. The van der Waals surface area contributed by atoms with Gasteiger partial charge < -0.3 is 20.7 Å². The molecular formula is C14H23NO3S. The molecule has 0 spiro atoms. The van der Waals surface area contributed by atoms with Crippen LogP contribution in [0.5, 0.6) is 5.75 Å². The molecule has 0 radical (unpaired) electrons. The normalized spacial score (nSPS) is 14.2. The molecule has 4 nitrogen and oxygen atoms in total. The molecule has 19 heavy (non-hydrogen) atoms. The number of hydrogen-bond acceptors (Lipinski definition) is 5. The van der Waals surface area contributed by atoms with Crippen LogP contribution >= 0.6 is 11.8 Å². The van der Waals surface area contributed by atoms with Gasteiger partial charge in [0, 0.05) is 23.1 Å². The van der Waals surface area contributed by atoms with Crippen molar-refractivity contribution in [2.45, 2.75) is 31.7 Å². The second-order valence-corrected chi connectivity index (χ2v) is 5.47. The Morgan fingerprint density at radius 3 is 2.74 bits per heavy atom. The molecule has 0 aliphatic rings. The van der Waals surface area contributed by atoms with Crippen molar-refractivity contribution in [3.05, 3.63) is 29.3 Å². The lowest BCUT2D eigenvalue weighted by Crippen LogP contribution is -2.14. The molecule has 0 aliphatic carbocycles. The zero-order chi connectivity index (χ0) is 14.3. The summed E-state index contributed by atoms with van der Waals surface area (Å²) in [4.78, 5) is 0. The van der Waals surface area contributed by atoms with Crippen molar-refractivity contribution in [3.8, 4) is 5.75 Å². The average molecular weight is 285 g/mol. The Morgan fingerprint density at radius 2 is 2.16 bits per heavy atom. The number of ether oxygens (including phenoxy) is 1. The average Bonchev–Trinajstić information content (AvgIpc) is 2.40. The van der Waals surface area contributed by atoms with E-state index in [4.69, 9.17) is 15.6 Å². The van der Waals surface area contributed by atoms with Gasteiger partial charge in [0.25, 0.3) is 0 Å². The number of aliphatic hydroxyl groups is 2. The van der Waals surface area contributed by atoms with Crippen molar-refractivity contribution in [3.63, 3.8) is 0 Å². The van der Waals surface area contributed by atoms with Gasteiger partial charge >= 0.3 is 0 Å². The fourth-order valence-corrected chi connectivity index (χ4v) is 2.59. The highest BCUT2D eigenvalue weighted by atomic mass is 32.2. The lowest BCUT2D eigenvalue weighted by Gasteiger charge is -2.14. The van der Waals surface area contributed by atoms with Gasteiger partial charge in [-0.3, -0.25) is 0 Å². The van der Waals surface area contributed by atoms with E-state index in [0.717, 1.165) is 22.6 Å². The summed E-state index contributed by atoms with van der Waals surface area (Å²) in [7, 11) is 0. The molecule has 0 aliphatic heterocycles. The van der Waals surface area contributed by atoms with Crippen LogP contribution in [-0.2, 0) is 5.75 Å². The van der Waals surface area contributed by atoms with Crippen LogP contribution in [0.1, 0.15) is 31.0 Å². The van der Waals surface area contributed by atoms with Gasteiger partial charge in [-0.25, -0.2) is 0 Å². The Labute approximate surface area is 119 Å². The van der Waals surface area contributed by atoms with E-state index < -0.39 is 6.10 Å². The number of benzene rings is 1. The zero-order valence-corrected chi connectivity index (χ0v) is 12.3. The van der Waals surface area contributed by atoms with Crippen molar-refractivity contribution in [1.29, 1.82) is 0 Å². The van der Waals surface area contributed by atoms with Crippen LogP contribution in [0.2, 0.25) is 0 Å². The largest absolute Gasteiger partial charge is 0.494 e. The molecule has 0 saturated heterocycles. The van der Waals surface area contributed by atoms with E-state index in [0.29, 0.717) is 12.4 Å². The summed E-state index contributed by atoms with van der Waals surface area (Å²) in [6, 6.07) is 5.96. The van der Waals surface area contributed by atoms with Gasteiger partial charge in [-0.15, -0.1) is 0 Å². The molecule has 4 N–H and O–H groups in total. The number of thioether (sulfide) groups is 1. The molecule has 0 amide bonds. The van der Waals surface area contributed by atoms with Crippen LogP contribution in [-0.4, -0.2) is 35.3 Å². The molecule has 0 bridgehead atoms. The van der Waals surface area contributed by atoms with E-state index in [2.05, 4.69) is 0 Å². The third kappa shape index (κ3) is 5.40. The Morgan fingerprint density at radius 1 is 1.42 bits per heavy atom. The first kappa shape index (κ1) is 16.3. The molecule has 2 unspecified atom stereocenters. The SMILES string of the molecule is CCOc1ccc(C(C)N)cc1CSCC(O)CO. The third-order valence-electron chi connectivity index (χ3n) is 2.69. The van der Waals surface area contributed by atoms with Crippen LogP contribution < -0.4 is 10.5 Å². The van der Waals surface area contributed by atoms with E-state index in [1.807, 2.05) is 32.0 Å². The summed E-state index contributed by atoms with van der Waals surface area (Å²) in [5.41, 5.74) is 8.03. The van der Waals surface area contributed by atoms with Gasteiger partial charge in [0.15, 0.2) is 0 Å². The van der Waals surface area contributed by atoms with Crippen molar-refractivity contribution in [2.75, 3.05) is 19.0 Å². The van der Waals surface area contributed by atoms with Crippen molar-refractivity contribution in [1.82, 2.24) is 0 Å². The first-order valence-corrected chi connectivity index (χ1v) is 7.61. The smallest absolute Gasteiger partial charge is 0.123 e. The fraction of sp³-hybridized carbons (Fsp3) is 0.571. The number of hydrogen-bond donors (Lipinski definition) is 3. The summed E-state index contributed by atoms with van der Waals surface area (Å²) in [5.74, 6) is 2.09. The second kappa shape index (κ2) is 8.43. The highest BCUT2D eigenvalue weighted by Gasteiger charge is 2.09. The highest BCUT2D eigenvalue weighted by Crippen LogP contribution is 2.27. The predicted molar refractivity (Wildman–Crippen MR) is 79.5 cm³/mol. The molecule has 0 heterocycles. The van der Waals surface area contributed by atoms with Gasteiger partial charge in [-0.05, 0) is 31.5 Å². The minimum atomic E-state index is -0.669. The Hall–Kier alpha value is -0.750. The van der Waals surface area contributed by atoms with Gasteiger partial charge in [0.05, 0.1) is 19.3 Å². The van der Waals surface area contributed by atoms with Crippen molar-refractivity contribution < 1.29 is 14.9 Å². The van der Waals surface area contributed by atoms with Crippen LogP contribution in [0, 0.1) is 0 Å². The molecule has 1 rings (SSSR count). The van der Waals surface area contributed by atoms with E-state index >= 15 is 0 Å². The Balaban J connectivity index is 2.73. The van der Waals surface area contributed by atoms with Gasteiger partial charge in [0.2, 0.25) is 0 Å². The quantitative estimate of drug-likeness (QED) is 0.677. The van der Waals surface area contributed by atoms with Gasteiger partial charge in [-0.2, -0.15) is 11.8 Å². The van der Waals surface area contributed by atoms with Crippen molar-refractivity contribution >= 4 is 11.8 Å². The molecule has 108 valence electrons. The summed E-state index contributed by atoms with van der Waals surface area (Å²) in [5, 5.41) is 18.1. The minimum absolute atomic E-state index is 0.0116. The lowest BCUT2D eigenvalue weighted by molar-refractivity contribution is 0.113. The third-order valence-corrected chi connectivity index (χ3v) is 3.82. The van der Waals surface area contributed by atoms with Gasteiger partial charge in [-0.1, -0.05) is 6.07 Å². The Bertz CT molecular complexity index is 385. The summed E-state index contributed by atoms with van der Waals surface area (Å²) < 4.78 is 5.59. The Kier molecular flexibility index (Phi) is 7.23. The fourth-order valence-electron chi connectivity index (χ4n) is 1.65. The van der Waals surface area contributed by atoms with E-state index in [1.54, 1.807) is 11.8 Å². The first-order valence-electron chi connectivity index (χ1n) is 6.46. The van der Waals surface area contributed by atoms with Gasteiger partial charge in [0.1, 0.15) is 5.75 Å². The second-order valence-electron chi connectivity index (χ2n) is 4.44. The zero-order valence-electron chi connectivity index (χ0n) is 11.5. The monoisotopic (exact) mass is 285 g/mol. The molecule has 0 fully saturated rings. The maximum Gasteiger partial charge on any atom is 0.123 e. The number of aliphatic hydroxyl groups excluding tert-OH is 2. The van der Waals surface area contributed by atoms with E-state index in [-0.39, 0.29) is 12.6 Å². The predicted octanol–water partition coefficient (Wildman–Crippen LogP) is 1.69. The molecule has 0 aromatic heterocycles. The topological polar surface area (TPSA) is 75.7 Å². The molecule has 5 heteroatoms. The maximum atomic E-state index is 9.33. The summed E-state index contributed by atoms with van der Waals surface area (Å²) in [6.45, 7) is 4.31. The molecule has 1 aromatic rings. The maximum absolute atomic E-state index is 9.33. The standard InChI is InChI=1S/C14H23NO3S/c1-3-18-14-5-4-11(10(2)15)6-12(14)8-19-9-13(17)7-16/h4-6,10,13,16-17H,3,7-9,15H2,1-2H3. The number of rotatable bonds is 8. The van der Waals surface area contributed by atoms with E-state index in [9.17, 15) is 5.11 Å². The molecule has 1 aromatic carbocycles. The minimum Gasteiger partial charge on any atom is -0.494 e. The van der Waals surface area contributed by atoms with Crippen LogP contribution in [0.4, 0.5) is 0 Å². The van der Waals surface area contributed by atoms with E-state index in [1.165, 1.54) is 0 Å². The highest BCUT2D eigenvalue weighted by molar-refractivity contribution is 7.98. The molecular weight excluding hydrogens is 262 g/mol. The van der Waals surface area contributed by atoms with Crippen LogP contribution in [0.3, 0.4) is 0 Å². The molecule has 2 atom stereocenters. The van der Waals surface area contributed by atoms with Crippen LogP contribution in [0.15, 0.2) is 18.2 Å². The van der Waals surface area contributed by atoms with Crippen LogP contribution in [0.25, 0.3) is 0 Å². The lowest BCUT2D eigenvalue weighted by atomic mass is 10.1. The molecule has 0 saturated carbocycles. The first-order chi connectivity index (χ1) is 9.08. The summed E-state index contributed by atoms with van der Waals surface area (Å²) in [6.07, 6.45) is -0.669. The van der Waals surface area contributed by atoms with Crippen molar-refractivity contribution in [2.24, 2.45) is 5.73 Å². The number of nitrogens with two attached hydrogens (primary N) is 1.